The number of amides is 1. The summed E-state index contributed by atoms with van der Waals surface area (Å²) in [5.74, 6) is -0.499. The molecule has 4 aromatic rings. The van der Waals surface area contributed by atoms with E-state index in [0.29, 0.717) is 16.9 Å². The summed E-state index contributed by atoms with van der Waals surface area (Å²) in [5, 5.41) is 0.592. The highest BCUT2D eigenvalue weighted by atomic mass is 19.4. The van der Waals surface area contributed by atoms with Crippen molar-refractivity contribution in [1.29, 1.82) is 0 Å². The number of alkyl halides is 3. The normalized spacial score (nSPS) is 11.2. The van der Waals surface area contributed by atoms with Crippen molar-refractivity contribution in [3.63, 3.8) is 0 Å². The number of fused-ring (bicyclic) bond motifs is 1. The fourth-order valence-corrected chi connectivity index (χ4v) is 3.07. The standard InChI is InChI=1S/C18H12F3N5O.C2H6/c19-18(20,21)13-4-2-1-3-10(13)14-11(15(22)27)6-8-26(14)17-12-5-7-23-16(12)24-9-25-17;1-2/h1-9H,(H2,22,27)(H,23,24,25);1-2H3. The summed E-state index contributed by atoms with van der Waals surface area (Å²) in [6.07, 6.45) is -0.199. The molecule has 29 heavy (non-hydrogen) atoms. The van der Waals surface area contributed by atoms with Gasteiger partial charge in [-0.05, 0) is 18.2 Å². The summed E-state index contributed by atoms with van der Waals surface area (Å²) in [4.78, 5) is 23.1. The van der Waals surface area contributed by atoms with Gasteiger partial charge in [0.2, 0.25) is 0 Å². The molecule has 3 heterocycles. The van der Waals surface area contributed by atoms with E-state index in [1.807, 2.05) is 13.8 Å². The number of carbonyl (C=O) groups excluding carboxylic acids is 1. The van der Waals surface area contributed by atoms with Gasteiger partial charge >= 0.3 is 6.18 Å². The maximum Gasteiger partial charge on any atom is 0.417 e. The van der Waals surface area contributed by atoms with E-state index in [4.69, 9.17) is 5.73 Å². The highest BCUT2D eigenvalue weighted by Gasteiger charge is 2.35. The van der Waals surface area contributed by atoms with Crippen molar-refractivity contribution in [2.75, 3.05) is 0 Å². The third-order valence-electron chi connectivity index (χ3n) is 4.20. The molecule has 0 aliphatic carbocycles. The number of carbonyl (C=O) groups is 1. The van der Waals surface area contributed by atoms with Crippen LogP contribution in [0.3, 0.4) is 0 Å². The molecule has 0 atom stereocenters. The number of nitrogens with two attached hydrogens (primary N) is 1. The fraction of sp³-hybridized carbons (Fsp3) is 0.150. The van der Waals surface area contributed by atoms with Gasteiger partial charge in [0.15, 0.2) is 0 Å². The Balaban J connectivity index is 0.00000117. The monoisotopic (exact) mass is 401 g/mol. The van der Waals surface area contributed by atoms with Crippen LogP contribution in [0.15, 0.2) is 55.1 Å². The summed E-state index contributed by atoms with van der Waals surface area (Å²) >= 11 is 0. The zero-order valence-electron chi connectivity index (χ0n) is 15.7. The number of hydrogen-bond donors (Lipinski definition) is 2. The SMILES string of the molecule is CC.NC(=O)c1ccn(-c2ncnc3[nH]ccc23)c1-c1ccccc1C(F)(F)F. The number of aromatic nitrogens is 4. The first-order valence-corrected chi connectivity index (χ1v) is 8.84. The Kier molecular flexibility index (Phi) is 5.40. The van der Waals surface area contributed by atoms with Crippen LogP contribution in [-0.2, 0) is 6.18 Å². The number of halogens is 3. The van der Waals surface area contributed by atoms with E-state index < -0.39 is 17.6 Å². The van der Waals surface area contributed by atoms with Crippen LogP contribution in [0.1, 0.15) is 29.8 Å². The number of nitrogens with one attached hydrogen (secondary N) is 1. The fourth-order valence-electron chi connectivity index (χ4n) is 3.07. The van der Waals surface area contributed by atoms with Crippen LogP contribution in [0.25, 0.3) is 28.1 Å². The van der Waals surface area contributed by atoms with Gasteiger partial charge in [0.1, 0.15) is 17.8 Å². The van der Waals surface area contributed by atoms with Gasteiger partial charge in [-0.1, -0.05) is 32.0 Å². The molecule has 150 valence electrons. The number of H-pyrrole nitrogens is 1. The second-order valence-electron chi connectivity index (χ2n) is 5.79. The van der Waals surface area contributed by atoms with E-state index >= 15 is 0 Å². The van der Waals surface area contributed by atoms with Gasteiger partial charge in [-0.3, -0.25) is 9.36 Å². The molecule has 9 heteroatoms. The van der Waals surface area contributed by atoms with Gasteiger partial charge in [0.05, 0.1) is 22.2 Å². The van der Waals surface area contributed by atoms with Crippen LogP contribution in [-0.4, -0.2) is 25.4 Å². The van der Waals surface area contributed by atoms with E-state index in [-0.39, 0.29) is 16.8 Å². The minimum atomic E-state index is -4.60. The highest BCUT2D eigenvalue weighted by molar-refractivity contribution is 6.00. The summed E-state index contributed by atoms with van der Waals surface area (Å²) in [6, 6.07) is 8.11. The minimum absolute atomic E-state index is 0.0247. The molecule has 1 amide bonds. The topological polar surface area (TPSA) is 89.6 Å². The third-order valence-corrected chi connectivity index (χ3v) is 4.20. The van der Waals surface area contributed by atoms with Crippen LogP contribution in [0.4, 0.5) is 13.2 Å². The quantitative estimate of drug-likeness (QED) is 0.527. The van der Waals surface area contributed by atoms with Gasteiger partial charge < -0.3 is 10.7 Å². The Morgan fingerprint density at radius 1 is 1.10 bits per heavy atom. The molecule has 3 N–H and O–H groups in total. The summed E-state index contributed by atoms with van der Waals surface area (Å²) in [7, 11) is 0. The molecule has 0 saturated carbocycles. The van der Waals surface area contributed by atoms with Gasteiger partial charge in [-0.2, -0.15) is 13.2 Å². The second-order valence-corrected chi connectivity index (χ2v) is 5.79. The van der Waals surface area contributed by atoms with Crippen molar-refractivity contribution in [3.8, 4) is 17.1 Å². The van der Waals surface area contributed by atoms with Crippen molar-refractivity contribution in [1.82, 2.24) is 19.5 Å². The molecule has 3 aromatic heterocycles. The molecule has 0 saturated heterocycles. The molecule has 0 aliphatic rings. The maximum absolute atomic E-state index is 13.6. The van der Waals surface area contributed by atoms with Gasteiger partial charge in [0.25, 0.3) is 5.91 Å². The van der Waals surface area contributed by atoms with Crippen molar-refractivity contribution in [2.45, 2.75) is 20.0 Å². The lowest BCUT2D eigenvalue weighted by atomic mass is 10.0. The number of primary amides is 1. The van der Waals surface area contributed by atoms with Gasteiger partial charge in [-0.25, -0.2) is 9.97 Å². The average Bonchev–Trinajstić information content (AvgIpc) is 3.35. The smallest absolute Gasteiger partial charge is 0.366 e. The molecule has 0 bridgehead atoms. The number of hydrogen-bond acceptors (Lipinski definition) is 3. The Bertz CT molecular complexity index is 1160. The first kappa shape index (κ1) is 20.1. The lowest BCUT2D eigenvalue weighted by molar-refractivity contribution is -0.137. The molecule has 1 aromatic carbocycles. The molecule has 0 radical (unpaired) electrons. The number of benzene rings is 1. The van der Waals surface area contributed by atoms with Crippen molar-refractivity contribution < 1.29 is 18.0 Å². The maximum atomic E-state index is 13.6. The Labute approximate surface area is 164 Å². The molecule has 4 rings (SSSR count). The van der Waals surface area contributed by atoms with Crippen LogP contribution in [0.2, 0.25) is 0 Å². The lowest BCUT2D eigenvalue weighted by Gasteiger charge is -2.16. The summed E-state index contributed by atoms with van der Waals surface area (Å²) < 4.78 is 42.1. The number of rotatable bonds is 3. The molecule has 0 fully saturated rings. The van der Waals surface area contributed by atoms with E-state index in [1.54, 1.807) is 12.3 Å². The van der Waals surface area contributed by atoms with Gasteiger partial charge in [0, 0.05) is 18.0 Å². The van der Waals surface area contributed by atoms with Crippen molar-refractivity contribution in [2.24, 2.45) is 5.73 Å². The molecular formula is C20H18F3N5O. The van der Waals surface area contributed by atoms with Crippen molar-refractivity contribution in [3.05, 3.63) is 66.2 Å². The van der Waals surface area contributed by atoms with Crippen LogP contribution >= 0.6 is 0 Å². The number of nitrogens with zero attached hydrogens (tertiary/aromatic N) is 3. The zero-order chi connectivity index (χ0) is 21.2. The van der Waals surface area contributed by atoms with E-state index in [2.05, 4.69) is 15.0 Å². The van der Waals surface area contributed by atoms with E-state index in [0.717, 1.165) is 6.07 Å². The zero-order valence-corrected chi connectivity index (χ0v) is 15.7. The number of aromatic amines is 1. The molecule has 0 unspecified atom stereocenters. The third kappa shape index (κ3) is 3.58. The first-order valence-electron chi connectivity index (χ1n) is 8.84. The minimum Gasteiger partial charge on any atom is -0.366 e. The molecule has 0 aliphatic heterocycles. The predicted octanol–water partition coefficient (Wildman–Crippen LogP) is 4.56. The molecular weight excluding hydrogens is 383 g/mol. The highest BCUT2D eigenvalue weighted by Crippen LogP contribution is 2.39. The molecule has 6 nitrogen and oxygen atoms in total. The van der Waals surface area contributed by atoms with Crippen LogP contribution < -0.4 is 5.73 Å². The largest absolute Gasteiger partial charge is 0.417 e. The van der Waals surface area contributed by atoms with Crippen molar-refractivity contribution >= 4 is 16.9 Å². The van der Waals surface area contributed by atoms with Crippen LogP contribution in [0.5, 0.6) is 0 Å². The summed E-state index contributed by atoms with van der Waals surface area (Å²) in [5.41, 5.74) is 4.90. The second kappa shape index (κ2) is 7.78. The predicted molar refractivity (Wildman–Crippen MR) is 104 cm³/mol. The first-order chi connectivity index (χ1) is 13.9. The van der Waals surface area contributed by atoms with E-state index in [9.17, 15) is 18.0 Å². The average molecular weight is 401 g/mol. The Morgan fingerprint density at radius 2 is 1.83 bits per heavy atom. The molecule has 0 spiro atoms. The van der Waals surface area contributed by atoms with E-state index in [1.165, 1.54) is 41.4 Å². The van der Waals surface area contributed by atoms with Gasteiger partial charge in [-0.15, -0.1) is 0 Å². The summed E-state index contributed by atoms with van der Waals surface area (Å²) in [6.45, 7) is 4.00. The Hall–Kier alpha value is -3.62. The van der Waals surface area contributed by atoms with Crippen LogP contribution in [0, 0.1) is 0 Å². The Morgan fingerprint density at radius 3 is 2.52 bits per heavy atom. The lowest BCUT2D eigenvalue weighted by Crippen LogP contribution is -2.14.